The molecule has 1 fully saturated rings. The van der Waals surface area contributed by atoms with Gasteiger partial charge in [-0.05, 0) is 26.3 Å². The number of ketones is 1. The summed E-state index contributed by atoms with van der Waals surface area (Å²) in [4.78, 5) is 42.8. The minimum Gasteiger partial charge on any atom is -0.462 e. The number of ether oxygens (including phenoxy) is 2. The van der Waals surface area contributed by atoms with Gasteiger partial charge in [-0.1, -0.05) is 29.8 Å². The van der Waals surface area contributed by atoms with Crippen molar-refractivity contribution in [2.45, 2.75) is 20.8 Å². The molecule has 0 unspecified atom stereocenters. The molecule has 28 heavy (non-hydrogen) atoms. The van der Waals surface area contributed by atoms with Gasteiger partial charge in [0.25, 0.3) is 11.7 Å². The Balaban J connectivity index is 2.08. The van der Waals surface area contributed by atoms with E-state index in [1.165, 1.54) is 4.90 Å². The summed E-state index contributed by atoms with van der Waals surface area (Å²) in [5.74, 6) is -1.80. The fourth-order valence-corrected chi connectivity index (χ4v) is 3.28. The lowest BCUT2D eigenvalue weighted by Crippen LogP contribution is -2.44. The van der Waals surface area contributed by atoms with Gasteiger partial charge in [-0.2, -0.15) is 0 Å². The van der Waals surface area contributed by atoms with E-state index < -0.39 is 17.7 Å². The van der Waals surface area contributed by atoms with E-state index in [0.29, 0.717) is 43.1 Å². The average Bonchev–Trinajstić information content (AvgIpc) is 3.05. The van der Waals surface area contributed by atoms with Crippen molar-refractivity contribution in [1.29, 1.82) is 0 Å². The van der Waals surface area contributed by atoms with E-state index in [1.54, 1.807) is 13.8 Å². The van der Waals surface area contributed by atoms with E-state index in [-0.39, 0.29) is 17.9 Å². The summed E-state index contributed by atoms with van der Waals surface area (Å²) < 4.78 is 10.4. The Kier molecular flexibility index (Phi) is 5.94. The Hall–Kier alpha value is -2.93. The van der Waals surface area contributed by atoms with Gasteiger partial charge in [-0.25, -0.2) is 4.79 Å². The van der Waals surface area contributed by atoms with Gasteiger partial charge in [-0.3, -0.25) is 9.59 Å². The summed E-state index contributed by atoms with van der Waals surface area (Å²) in [6.07, 6.45) is 0. The van der Waals surface area contributed by atoms with Gasteiger partial charge in [0.15, 0.2) is 0 Å². The quantitative estimate of drug-likeness (QED) is 0.486. The van der Waals surface area contributed by atoms with Gasteiger partial charge in [0.1, 0.15) is 5.69 Å². The van der Waals surface area contributed by atoms with Gasteiger partial charge in [0.05, 0.1) is 25.4 Å². The van der Waals surface area contributed by atoms with E-state index >= 15 is 0 Å². The second kappa shape index (κ2) is 8.39. The van der Waals surface area contributed by atoms with E-state index in [0.717, 1.165) is 5.56 Å². The monoisotopic (exact) mass is 384 g/mol. The zero-order valence-electron chi connectivity index (χ0n) is 16.3. The number of nitrogens with one attached hydrogen (secondary N) is 1. The molecule has 1 N–H and O–H groups in total. The number of aromatic amines is 1. The molecule has 1 amide bonds. The second-order valence-electron chi connectivity index (χ2n) is 6.70. The average molecular weight is 384 g/mol. The highest BCUT2D eigenvalue weighted by atomic mass is 16.5. The number of carbonyl (C=O) groups excluding carboxylic acids is 3. The molecule has 0 spiro atoms. The molecule has 0 radical (unpaired) electrons. The molecule has 0 atom stereocenters. The number of benzene rings is 1. The number of amides is 1. The summed E-state index contributed by atoms with van der Waals surface area (Å²) in [7, 11) is 0. The first-order valence-electron chi connectivity index (χ1n) is 9.32. The molecule has 0 saturated carbocycles. The zero-order valence-corrected chi connectivity index (χ0v) is 16.3. The lowest BCUT2D eigenvalue weighted by molar-refractivity contribution is -0.130. The number of H-pyrrole nitrogens is 1. The molecule has 1 saturated heterocycles. The predicted octanol–water partition coefficient (Wildman–Crippen LogP) is 2.52. The number of Topliss-reactive ketones (excluding diaryl/α,β-unsaturated/α-hetero) is 1. The first-order valence-corrected chi connectivity index (χ1v) is 9.32. The van der Waals surface area contributed by atoms with Crippen LogP contribution in [0.1, 0.15) is 39.0 Å². The smallest absolute Gasteiger partial charge is 0.340 e. The molecule has 2 aromatic rings. The Morgan fingerprint density at radius 1 is 1.11 bits per heavy atom. The van der Waals surface area contributed by atoms with Crippen LogP contribution in [0, 0.1) is 13.8 Å². The van der Waals surface area contributed by atoms with E-state index in [2.05, 4.69) is 4.98 Å². The first kappa shape index (κ1) is 19.8. The lowest BCUT2D eigenvalue weighted by atomic mass is 9.97. The molecule has 7 heteroatoms. The number of aryl methyl sites for hydroxylation is 2. The second-order valence-corrected chi connectivity index (χ2v) is 6.70. The standard InChI is InChI=1S/C21H24N2O5/c1-4-28-21(26)16-14(3)22-18(17(16)15-7-5-13(2)6-8-15)19(24)20(25)23-9-11-27-12-10-23/h5-8,22H,4,9-12H2,1-3H3. The van der Waals surface area contributed by atoms with Crippen LogP contribution < -0.4 is 0 Å². The van der Waals surface area contributed by atoms with Crippen LogP contribution in [0.15, 0.2) is 24.3 Å². The van der Waals surface area contributed by atoms with Crippen molar-refractivity contribution < 1.29 is 23.9 Å². The topological polar surface area (TPSA) is 88.7 Å². The molecule has 2 heterocycles. The molecule has 3 rings (SSSR count). The normalized spacial score (nSPS) is 14.0. The van der Waals surface area contributed by atoms with E-state index in [4.69, 9.17) is 9.47 Å². The van der Waals surface area contributed by atoms with Crippen molar-refractivity contribution in [2.75, 3.05) is 32.9 Å². The highest BCUT2D eigenvalue weighted by Gasteiger charge is 2.32. The van der Waals surface area contributed by atoms with Crippen molar-refractivity contribution in [3.63, 3.8) is 0 Å². The Morgan fingerprint density at radius 3 is 2.36 bits per heavy atom. The third kappa shape index (κ3) is 3.84. The van der Waals surface area contributed by atoms with Crippen LogP contribution in [0.25, 0.3) is 11.1 Å². The zero-order chi connectivity index (χ0) is 20.3. The third-order valence-corrected chi connectivity index (χ3v) is 4.73. The van der Waals surface area contributed by atoms with Crippen LogP contribution in [0.3, 0.4) is 0 Å². The van der Waals surface area contributed by atoms with Gasteiger partial charge in [-0.15, -0.1) is 0 Å². The molecule has 1 aliphatic rings. The van der Waals surface area contributed by atoms with E-state index in [1.807, 2.05) is 31.2 Å². The molecule has 7 nitrogen and oxygen atoms in total. The Labute approximate surface area is 163 Å². The van der Waals surface area contributed by atoms with Crippen molar-refractivity contribution in [1.82, 2.24) is 9.88 Å². The molecule has 1 aromatic carbocycles. The van der Waals surface area contributed by atoms with Crippen molar-refractivity contribution in [2.24, 2.45) is 0 Å². The molecule has 0 aliphatic carbocycles. The molecular formula is C21H24N2O5. The van der Waals surface area contributed by atoms with Crippen LogP contribution in [0.2, 0.25) is 0 Å². The van der Waals surface area contributed by atoms with Gasteiger partial charge in [0, 0.05) is 24.3 Å². The van der Waals surface area contributed by atoms with Crippen LogP contribution in [-0.2, 0) is 14.3 Å². The number of hydrogen-bond donors (Lipinski definition) is 1. The summed E-state index contributed by atoms with van der Waals surface area (Å²) >= 11 is 0. The fourth-order valence-electron chi connectivity index (χ4n) is 3.28. The Bertz CT molecular complexity index is 892. The summed E-state index contributed by atoms with van der Waals surface area (Å²) in [5.41, 5.74) is 3.02. The maximum Gasteiger partial charge on any atom is 0.340 e. The number of carbonyl (C=O) groups is 3. The van der Waals surface area contributed by atoms with Crippen LogP contribution in [0.4, 0.5) is 0 Å². The van der Waals surface area contributed by atoms with Crippen LogP contribution >= 0.6 is 0 Å². The minimum atomic E-state index is -0.670. The summed E-state index contributed by atoms with van der Waals surface area (Å²) in [5, 5.41) is 0. The summed E-state index contributed by atoms with van der Waals surface area (Å²) in [6.45, 7) is 7.13. The van der Waals surface area contributed by atoms with Gasteiger partial charge in [0.2, 0.25) is 0 Å². The van der Waals surface area contributed by atoms with Crippen molar-refractivity contribution in [3.8, 4) is 11.1 Å². The number of esters is 1. The summed E-state index contributed by atoms with van der Waals surface area (Å²) in [6, 6.07) is 7.45. The number of morpholine rings is 1. The van der Waals surface area contributed by atoms with Crippen LogP contribution in [-0.4, -0.2) is 60.5 Å². The SMILES string of the molecule is CCOC(=O)c1c(C)[nH]c(C(=O)C(=O)N2CCOCC2)c1-c1ccc(C)cc1. The predicted molar refractivity (Wildman–Crippen MR) is 103 cm³/mol. The van der Waals surface area contributed by atoms with Crippen LogP contribution in [0.5, 0.6) is 0 Å². The number of nitrogens with zero attached hydrogens (tertiary/aromatic N) is 1. The lowest BCUT2D eigenvalue weighted by Gasteiger charge is -2.26. The minimum absolute atomic E-state index is 0.112. The number of aromatic nitrogens is 1. The molecule has 148 valence electrons. The molecule has 1 aromatic heterocycles. The van der Waals surface area contributed by atoms with Crippen molar-refractivity contribution in [3.05, 3.63) is 46.8 Å². The highest BCUT2D eigenvalue weighted by molar-refractivity contribution is 6.43. The first-order chi connectivity index (χ1) is 13.4. The van der Waals surface area contributed by atoms with Crippen molar-refractivity contribution >= 4 is 17.7 Å². The fraction of sp³-hybridized carbons (Fsp3) is 0.381. The number of hydrogen-bond acceptors (Lipinski definition) is 5. The largest absolute Gasteiger partial charge is 0.462 e. The van der Waals surface area contributed by atoms with Gasteiger partial charge >= 0.3 is 5.97 Å². The number of rotatable bonds is 5. The highest BCUT2D eigenvalue weighted by Crippen LogP contribution is 2.32. The molecular weight excluding hydrogens is 360 g/mol. The van der Waals surface area contributed by atoms with Gasteiger partial charge < -0.3 is 19.4 Å². The third-order valence-electron chi connectivity index (χ3n) is 4.73. The van der Waals surface area contributed by atoms with E-state index in [9.17, 15) is 14.4 Å². The molecule has 0 bridgehead atoms. The maximum absolute atomic E-state index is 13.0. The molecule has 1 aliphatic heterocycles. The maximum atomic E-state index is 13.0. The Morgan fingerprint density at radius 2 is 1.75 bits per heavy atom.